The van der Waals surface area contributed by atoms with Crippen molar-refractivity contribution in [3.8, 4) is 5.75 Å². The average Bonchev–Trinajstić information content (AvgIpc) is 2.62. The van der Waals surface area contributed by atoms with Crippen LogP contribution in [0.1, 0.15) is 20.3 Å². The van der Waals surface area contributed by atoms with Gasteiger partial charge in [0.2, 0.25) is 10.0 Å². The summed E-state index contributed by atoms with van der Waals surface area (Å²) in [6, 6.07) is 12.7. The van der Waals surface area contributed by atoms with E-state index in [9.17, 15) is 13.2 Å². The number of carbonyl (C=O) groups excluding carboxylic acids is 1. The predicted molar refractivity (Wildman–Crippen MR) is 102 cm³/mol. The smallest absolute Gasteiger partial charge is 0.265 e. The van der Waals surface area contributed by atoms with Gasteiger partial charge < -0.3 is 10.1 Å². The maximum atomic E-state index is 12.2. The van der Waals surface area contributed by atoms with Gasteiger partial charge in [0.15, 0.2) is 6.10 Å². The van der Waals surface area contributed by atoms with Crippen LogP contribution in [0.4, 0.5) is 5.69 Å². The summed E-state index contributed by atoms with van der Waals surface area (Å²) < 4.78 is 32.1. The Kier molecular flexibility index (Phi) is 7.02. The second-order valence-electron chi connectivity index (χ2n) is 5.63. The summed E-state index contributed by atoms with van der Waals surface area (Å²) in [6.45, 7) is 3.88. The molecule has 0 heterocycles. The number of carbonyl (C=O) groups is 1. The number of nitrogens with one attached hydrogen (secondary N) is 2. The molecule has 0 aliphatic heterocycles. The average molecular weight is 397 g/mol. The lowest BCUT2D eigenvalue weighted by Gasteiger charge is -2.15. The standard InChI is InChI=1S/C18H21ClN2O4S/c1-3-12-20-26(23,24)17-10-6-15(7-11-17)21-18(22)13(2)25-16-8-4-14(19)5-9-16/h4-11,13,20H,3,12H2,1-2H3,(H,21,22). The quantitative estimate of drug-likeness (QED) is 0.715. The molecule has 8 heteroatoms. The van der Waals surface area contributed by atoms with Crippen LogP contribution in [0, 0.1) is 0 Å². The van der Waals surface area contributed by atoms with Crippen molar-refractivity contribution in [2.75, 3.05) is 11.9 Å². The summed E-state index contributed by atoms with van der Waals surface area (Å²) in [5, 5.41) is 3.27. The minimum absolute atomic E-state index is 0.148. The van der Waals surface area contributed by atoms with E-state index < -0.39 is 16.1 Å². The summed E-state index contributed by atoms with van der Waals surface area (Å²) in [7, 11) is -3.53. The van der Waals surface area contributed by atoms with Gasteiger partial charge in [0.05, 0.1) is 4.90 Å². The number of sulfonamides is 1. The maximum Gasteiger partial charge on any atom is 0.265 e. The van der Waals surface area contributed by atoms with Crippen LogP contribution in [-0.4, -0.2) is 27.0 Å². The Labute approximate surface area is 158 Å². The fourth-order valence-electron chi connectivity index (χ4n) is 2.05. The molecule has 0 aliphatic carbocycles. The summed E-state index contributed by atoms with van der Waals surface area (Å²) in [5.41, 5.74) is 0.482. The first-order chi connectivity index (χ1) is 12.3. The lowest BCUT2D eigenvalue weighted by molar-refractivity contribution is -0.122. The molecule has 0 aromatic heterocycles. The van der Waals surface area contributed by atoms with Crippen LogP contribution in [0.3, 0.4) is 0 Å². The Bertz CT molecular complexity index is 836. The highest BCUT2D eigenvalue weighted by molar-refractivity contribution is 7.89. The van der Waals surface area contributed by atoms with Crippen LogP contribution >= 0.6 is 11.6 Å². The van der Waals surface area contributed by atoms with Gasteiger partial charge in [-0.05, 0) is 61.9 Å². The highest BCUT2D eigenvalue weighted by atomic mass is 35.5. The fourth-order valence-corrected chi connectivity index (χ4v) is 3.31. The Morgan fingerprint density at radius 1 is 1.12 bits per heavy atom. The van der Waals surface area contributed by atoms with Crippen LogP contribution in [0.5, 0.6) is 5.75 Å². The van der Waals surface area contributed by atoms with Crippen molar-refractivity contribution in [3.63, 3.8) is 0 Å². The molecule has 0 saturated carbocycles. The Balaban J connectivity index is 1.97. The van der Waals surface area contributed by atoms with Crippen LogP contribution in [-0.2, 0) is 14.8 Å². The van der Waals surface area contributed by atoms with Crippen LogP contribution in [0.2, 0.25) is 5.02 Å². The maximum absolute atomic E-state index is 12.2. The molecule has 1 atom stereocenters. The van der Waals surface area contributed by atoms with Gasteiger partial charge in [-0.15, -0.1) is 0 Å². The van der Waals surface area contributed by atoms with E-state index in [2.05, 4.69) is 10.0 Å². The van der Waals surface area contributed by atoms with E-state index in [1.165, 1.54) is 24.3 Å². The lowest BCUT2D eigenvalue weighted by Crippen LogP contribution is -2.30. The topological polar surface area (TPSA) is 84.5 Å². The van der Waals surface area contributed by atoms with Gasteiger partial charge >= 0.3 is 0 Å². The van der Waals surface area contributed by atoms with Gasteiger partial charge in [-0.3, -0.25) is 4.79 Å². The minimum atomic E-state index is -3.53. The van der Waals surface area contributed by atoms with Crippen molar-refractivity contribution in [1.82, 2.24) is 4.72 Å². The number of hydrogen-bond donors (Lipinski definition) is 2. The highest BCUT2D eigenvalue weighted by Gasteiger charge is 2.16. The molecule has 1 unspecified atom stereocenters. The molecule has 6 nitrogen and oxygen atoms in total. The highest BCUT2D eigenvalue weighted by Crippen LogP contribution is 2.18. The second-order valence-corrected chi connectivity index (χ2v) is 7.83. The molecule has 0 aliphatic rings. The zero-order valence-electron chi connectivity index (χ0n) is 14.5. The molecule has 1 amide bonds. The van der Waals surface area contributed by atoms with Crippen molar-refractivity contribution >= 4 is 33.2 Å². The first kappa shape index (κ1) is 20.2. The van der Waals surface area contributed by atoms with Crippen LogP contribution in [0.15, 0.2) is 53.4 Å². The normalized spacial score (nSPS) is 12.4. The number of anilines is 1. The zero-order chi connectivity index (χ0) is 19.2. The van der Waals surface area contributed by atoms with Gasteiger partial charge in [-0.25, -0.2) is 13.1 Å². The molecule has 2 N–H and O–H groups in total. The Morgan fingerprint density at radius 3 is 2.31 bits per heavy atom. The number of ether oxygens (including phenoxy) is 1. The predicted octanol–water partition coefficient (Wildman–Crippen LogP) is 3.43. The minimum Gasteiger partial charge on any atom is -0.481 e. The molecule has 0 saturated heterocycles. The molecule has 26 heavy (non-hydrogen) atoms. The molecule has 0 spiro atoms. The van der Waals surface area contributed by atoms with Crippen LogP contribution < -0.4 is 14.8 Å². The summed E-state index contributed by atoms with van der Waals surface area (Å²) in [5.74, 6) is 0.181. The molecule has 2 rings (SSSR count). The zero-order valence-corrected chi connectivity index (χ0v) is 16.1. The van der Waals surface area contributed by atoms with E-state index in [1.54, 1.807) is 31.2 Å². The van der Waals surface area contributed by atoms with E-state index in [0.717, 1.165) is 0 Å². The van der Waals surface area contributed by atoms with Crippen LogP contribution in [0.25, 0.3) is 0 Å². The van der Waals surface area contributed by atoms with Gasteiger partial charge in [-0.2, -0.15) is 0 Å². The van der Waals surface area contributed by atoms with E-state index in [1.807, 2.05) is 6.92 Å². The summed E-state index contributed by atoms with van der Waals surface area (Å²) in [6.07, 6.45) is -0.0235. The van der Waals surface area contributed by atoms with E-state index >= 15 is 0 Å². The van der Waals surface area contributed by atoms with Crippen molar-refractivity contribution < 1.29 is 17.9 Å². The number of benzene rings is 2. The van der Waals surface area contributed by atoms with Gasteiger partial charge in [0.1, 0.15) is 5.75 Å². The molecular formula is C18H21ClN2O4S. The molecule has 140 valence electrons. The molecular weight excluding hydrogens is 376 g/mol. The molecule has 0 radical (unpaired) electrons. The van der Waals surface area contributed by atoms with Gasteiger partial charge in [-0.1, -0.05) is 18.5 Å². The van der Waals surface area contributed by atoms with Crippen molar-refractivity contribution in [2.24, 2.45) is 0 Å². The van der Waals surface area contributed by atoms with Crippen molar-refractivity contribution in [3.05, 3.63) is 53.6 Å². The molecule has 2 aromatic carbocycles. The van der Waals surface area contributed by atoms with Gasteiger partial charge in [0.25, 0.3) is 5.91 Å². The van der Waals surface area contributed by atoms with E-state index in [-0.39, 0.29) is 10.8 Å². The number of rotatable bonds is 8. The fraction of sp³-hybridized carbons (Fsp3) is 0.278. The van der Waals surface area contributed by atoms with Crippen molar-refractivity contribution in [2.45, 2.75) is 31.3 Å². The number of halogens is 1. The third kappa shape index (κ3) is 5.72. The molecule has 0 bridgehead atoms. The third-order valence-electron chi connectivity index (χ3n) is 3.47. The van der Waals surface area contributed by atoms with E-state index in [0.29, 0.717) is 29.4 Å². The number of amides is 1. The second kappa shape index (κ2) is 9.02. The molecule has 2 aromatic rings. The SMILES string of the molecule is CCCNS(=O)(=O)c1ccc(NC(=O)C(C)Oc2ccc(Cl)cc2)cc1. The largest absolute Gasteiger partial charge is 0.481 e. The molecule has 0 fully saturated rings. The summed E-state index contributed by atoms with van der Waals surface area (Å²) >= 11 is 5.81. The lowest BCUT2D eigenvalue weighted by atomic mass is 10.3. The van der Waals surface area contributed by atoms with Gasteiger partial charge in [0, 0.05) is 17.3 Å². The summed E-state index contributed by atoms with van der Waals surface area (Å²) in [4.78, 5) is 12.4. The number of hydrogen-bond acceptors (Lipinski definition) is 4. The Hall–Kier alpha value is -2.09. The first-order valence-electron chi connectivity index (χ1n) is 8.14. The third-order valence-corrected chi connectivity index (χ3v) is 5.20. The Morgan fingerprint density at radius 2 is 1.73 bits per heavy atom. The van der Waals surface area contributed by atoms with E-state index in [4.69, 9.17) is 16.3 Å². The monoisotopic (exact) mass is 396 g/mol. The van der Waals surface area contributed by atoms with Crippen molar-refractivity contribution in [1.29, 1.82) is 0 Å². The first-order valence-corrected chi connectivity index (χ1v) is 10.0.